The highest BCUT2D eigenvalue weighted by atomic mass is 32.1. The first-order valence-electron chi connectivity index (χ1n) is 7.95. The number of aromatic nitrogens is 5. The van der Waals surface area contributed by atoms with Crippen LogP contribution in [-0.4, -0.2) is 25.1 Å². The number of nitrogen functional groups attached to an aromatic ring is 1. The standard InChI is InChI=1S/C18H13N7S/c19-15-14-16(21-9-20-15)24-25-17(14)22-11-7-5-10(6-8-11)18-23-12-3-1-2-4-13(12)26-18/h1-9H,(H4,19,20,21,22,24,25). The van der Waals surface area contributed by atoms with Crippen molar-refractivity contribution in [2.24, 2.45) is 0 Å². The summed E-state index contributed by atoms with van der Waals surface area (Å²) in [5, 5.41) is 12.0. The molecule has 2 aromatic carbocycles. The average molecular weight is 359 g/mol. The zero-order valence-electron chi connectivity index (χ0n) is 13.5. The van der Waals surface area contributed by atoms with Crippen molar-refractivity contribution < 1.29 is 0 Å². The van der Waals surface area contributed by atoms with E-state index in [1.165, 1.54) is 11.0 Å². The number of nitrogens with zero attached hydrogens (tertiary/aromatic N) is 4. The lowest BCUT2D eigenvalue weighted by molar-refractivity contribution is 1.09. The summed E-state index contributed by atoms with van der Waals surface area (Å²) in [7, 11) is 0. The summed E-state index contributed by atoms with van der Waals surface area (Å²) in [4.78, 5) is 12.8. The third-order valence-electron chi connectivity index (χ3n) is 4.08. The Bertz CT molecular complexity index is 1190. The summed E-state index contributed by atoms with van der Waals surface area (Å²) in [5.74, 6) is 1.06. The van der Waals surface area contributed by atoms with Crippen molar-refractivity contribution in [1.82, 2.24) is 25.1 Å². The number of nitrogens with one attached hydrogen (secondary N) is 2. The summed E-state index contributed by atoms with van der Waals surface area (Å²) in [6, 6.07) is 16.2. The highest BCUT2D eigenvalue weighted by Crippen LogP contribution is 2.31. The first-order valence-corrected chi connectivity index (χ1v) is 8.77. The van der Waals surface area contributed by atoms with Gasteiger partial charge < -0.3 is 11.1 Å². The van der Waals surface area contributed by atoms with Crippen LogP contribution in [0.5, 0.6) is 0 Å². The van der Waals surface area contributed by atoms with Gasteiger partial charge in [0.1, 0.15) is 28.4 Å². The normalized spacial score (nSPS) is 11.2. The van der Waals surface area contributed by atoms with Crippen LogP contribution in [-0.2, 0) is 0 Å². The van der Waals surface area contributed by atoms with Gasteiger partial charge in [-0.25, -0.2) is 15.0 Å². The number of para-hydroxylation sites is 1. The van der Waals surface area contributed by atoms with Crippen LogP contribution in [0.2, 0.25) is 0 Å². The van der Waals surface area contributed by atoms with Crippen LogP contribution in [0.1, 0.15) is 0 Å². The molecule has 0 fully saturated rings. The SMILES string of the molecule is Nc1ncnc2n[nH]c(Nc3ccc(-c4nc5ccccc5s4)cc3)c12. The minimum atomic E-state index is 0.386. The second-order valence-electron chi connectivity index (χ2n) is 5.75. The van der Waals surface area contributed by atoms with Crippen molar-refractivity contribution in [3.05, 3.63) is 54.9 Å². The molecule has 0 saturated carbocycles. The van der Waals surface area contributed by atoms with E-state index in [0.29, 0.717) is 22.7 Å². The molecule has 0 aliphatic carbocycles. The Morgan fingerprint density at radius 3 is 2.69 bits per heavy atom. The van der Waals surface area contributed by atoms with Gasteiger partial charge in [0, 0.05) is 11.3 Å². The van der Waals surface area contributed by atoms with Gasteiger partial charge in [-0.1, -0.05) is 12.1 Å². The number of anilines is 3. The summed E-state index contributed by atoms with van der Waals surface area (Å²) >= 11 is 1.68. The highest BCUT2D eigenvalue weighted by Gasteiger charge is 2.11. The van der Waals surface area contributed by atoms with Gasteiger partial charge in [0.25, 0.3) is 0 Å². The third-order valence-corrected chi connectivity index (χ3v) is 5.16. The summed E-state index contributed by atoms with van der Waals surface area (Å²) in [5.41, 5.74) is 9.47. The third kappa shape index (κ3) is 2.44. The molecule has 0 saturated heterocycles. The molecule has 0 radical (unpaired) electrons. The first-order chi connectivity index (χ1) is 12.8. The molecular formula is C18H13N7S. The van der Waals surface area contributed by atoms with Crippen LogP contribution in [0.3, 0.4) is 0 Å². The maximum atomic E-state index is 5.93. The zero-order chi connectivity index (χ0) is 17.5. The fourth-order valence-corrected chi connectivity index (χ4v) is 3.78. The smallest absolute Gasteiger partial charge is 0.188 e. The van der Waals surface area contributed by atoms with Crippen LogP contribution in [0, 0.1) is 0 Å². The number of rotatable bonds is 3. The van der Waals surface area contributed by atoms with Gasteiger partial charge in [-0.05, 0) is 36.4 Å². The van der Waals surface area contributed by atoms with Crippen molar-refractivity contribution >= 4 is 49.9 Å². The lowest BCUT2D eigenvalue weighted by Crippen LogP contribution is -1.95. The first kappa shape index (κ1) is 14.8. The van der Waals surface area contributed by atoms with E-state index in [0.717, 1.165) is 21.8 Å². The van der Waals surface area contributed by atoms with Gasteiger partial charge >= 0.3 is 0 Å². The highest BCUT2D eigenvalue weighted by molar-refractivity contribution is 7.21. The van der Waals surface area contributed by atoms with Crippen LogP contribution in [0.4, 0.5) is 17.3 Å². The number of hydrogen-bond donors (Lipinski definition) is 3. The van der Waals surface area contributed by atoms with Gasteiger partial charge in [0.05, 0.1) is 10.2 Å². The Hall–Kier alpha value is -3.52. The molecule has 0 atom stereocenters. The minimum absolute atomic E-state index is 0.386. The zero-order valence-corrected chi connectivity index (χ0v) is 14.3. The monoisotopic (exact) mass is 359 g/mol. The number of hydrogen-bond acceptors (Lipinski definition) is 7. The Morgan fingerprint density at radius 2 is 1.85 bits per heavy atom. The van der Waals surface area contributed by atoms with E-state index in [9.17, 15) is 0 Å². The maximum absolute atomic E-state index is 5.93. The number of benzene rings is 2. The Balaban J connectivity index is 1.46. The number of thiazole rings is 1. The van der Waals surface area contributed by atoms with Gasteiger partial charge in [-0.3, -0.25) is 5.10 Å². The van der Waals surface area contributed by atoms with Gasteiger partial charge in [0.2, 0.25) is 0 Å². The predicted molar refractivity (Wildman–Crippen MR) is 104 cm³/mol. The minimum Gasteiger partial charge on any atom is -0.383 e. The van der Waals surface area contributed by atoms with E-state index in [1.807, 2.05) is 42.5 Å². The molecule has 3 heterocycles. The lowest BCUT2D eigenvalue weighted by Gasteiger charge is -2.05. The molecule has 8 heteroatoms. The number of aromatic amines is 1. The van der Waals surface area contributed by atoms with E-state index in [-0.39, 0.29) is 0 Å². The summed E-state index contributed by atoms with van der Waals surface area (Å²) < 4.78 is 1.18. The average Bonchev–Trinajstić information content (AvgIpc) is 3.27. The van der Waals surface area contributed by atoms with Crippen molar-refractivity contribution in [3.8, 4) is 10.6 Å². The van der Waals surface area contributed by atoms with Crippen LogP contribution < -0.4 is 11.1 Å². The molecule has 4 N–H and O–H groups in total. The molecule has 0 bridgehead atoms. The largest absolute Gasteiger partial charge is 0.383 e. The number of H-pyrrole nitrogens is 1. The molecule has 26 heavy (non-hydrogen) atoms. The molecule has 0 unspecified atom stereocenters. The summed E-state index contributed by atoms with van der Waals surface area (Å²) in [6.07, 6.45) is 1.40. The molecule has 3 aromatic heterocycles. The Labute approximate surface area is 151 Å². The van der Waals surface area contributed by atoms with Crippen molar-refractivity contribution in [2.45, 2.75) is 0 Å². The molecule has 5 aromatic rings. The molecule has 0 amide bonds. The molecule has 5 rings (SSSR count). The predicted octanol–water partition coefficient (Wildman–Crippen LogP) is 3.96. The second kappa shape index (κ2) is 5.78. The van der Waals surface area contributed by atoms with Crippen LogP contribution in [0.15, 0.2) is 54.9 Å². The van der Waals surface area contributed by atoms with Crippen molar-refractivity contribution in [3.63, 3.8) is 0 Å². The number of fused-ring (bicyclic) bond motifs is 2. The fourth-order valence-electron chi connectivity index (χ4n) is 2.81. The molecule has 7 nitrogen and oxygen atoms in total. The van der Waals surface area contributed by atoms with Crippen LogP contribution in [0.25, 0.3) is 31.8 Å². The van der Waals surface area contributed by atoms with Crippen molar-refractivity contribution in [1.29, 1.82) is 0 Å². The summed E-state index contributed by atoms with van der Waals surface area (Å²) in [6.45, 7) is 0. The van der Waals surface area contributed by atoms with Gasteiger partial charge in [0.15, 0.2) is 5.65 Å². The maximum Gasteiger partial charge on any atom is 0.188 e. The lowest BCUT2D eigenvalue weighted by atomic mass is 10.2. The Kier molecular flexibility index (Phi) is 3.29. The van der Waals surface area contributed by atoms with E-state index >= 15 is 0 Å². The van der Waals surface area contributed by atoms with Gasteiger partial charge in [-0.15, -0.1) is 11.3 Å². The quantitative estimate of drug-likeness (QED) is 0.450. The van der Waals surface area contributed by atoms with Crippen LogP contribution >= 0.6 is 11.3 Å². The molecule has 0 aliphatic rings. The van der Waals surface area contributed by atoms with E-state index in [2.05, 4.69) is 36.5 Å². The fraction of sp³-hybridized carbons (Fsp3) is 0. The number of nitrogens with two attached hydrogens (primary N) is 1. The Morgan fingerprint density at radius 1 is 1.00 bits per heavy atom. The second-order valence-corrected chi connectivity index (χ2v) is 6.78. The molecule has 0 aliphatic heterocycles. The molecule has 0 spiro atoms. The van der Waals surface area contributed by atoms with Gasteiger partial charge in [-0.2, -0.15) is 5.10 Å². The topological polar surface area (TPSA) is 105 Å². The molecule has 126 valence electrons. The van der Waals surface area contributed by atoms with E-state index in [1.54, 1.807) is 11.3 Å². The van der Waals surface area contributed by atoms with E-state index in [4.69, 9.17) is 5.73 Å². The van der Waals surface area contributed by atoms with Crippen molar-refractivity contribution in [2.75, 3.05) is 11.1 Å². The van der Waals surface area contributed by atoms with E-state index < -0.39 is 0 Å². The molecular weight excluding hydrogens is 346 g/mol.